The van der Waals surface area contributed by atoms with Gasteiger partial charge >= 0.3 is 0 Å². The van der Waals surface area contributed by atoms with Crippen LogP contribution < -0.4 is 5.43 Å². The van der Waals surface area contributed by atoms with Crippen LogP contribution in [-0.2, 0) is 6.54 Å². The number of nitro groups is 1. The Hall–Kier alpha value is -2.86. The normalized spacial score (nSPS) is 11.3. The van der Waals surface area contributed by atoms with Gasteiger partial charge in [0.25, 0.3) is 5.69 Å². The molecular formula is C19H19ClN4O2. The number of non-ortho nitro benzene ring substituents is 1. The van der Waals surface area contributed by atoms with Crippen LogP contribution in [0.1, 0.15) is 25.3 Å². The van der Waals surface area contributed by atoms with E-state index in [2.05, 4.69) is 22.0 Å². The van der Waals surface area contributed by atoms with Gasteiger partial charge in [-0.3, -0.25) is 15.5 Å². The monoisotopic (exact) mass is 370 g/mol. The first kappa shape index (κ1) is 17.9. The number of fused-ring (bicyclic) bond motifs is 1. The highest BCUT2D eigenvalue weighted by atomic mass is 35.5. The fourth-order valence-electron chi connectivity index (χ4n) is 2.82. The number of hydrogen-bond donors (Lipinski definition) is 1. The maximum Gasteiger partial charge on any atom is 0.271 e. The summed E-state index contributed by atoms with van der Waals surface area (Å²) in [7, 11) is 0. The van der Waals surface area contributed by atoms with Gasteiger partial charge in [-0.15, -0.1) is 0 Å². The number of aryl methyl sites for hydroxylation is 1. The number of halogens is 1. The van der Waals surface area contributed by atoms with Gasteiger partial charge in [0.2, 0.25) is 0 Å². The molecule has 7 heteroatoms. The van der Waals surface area contributed by atoms with E-state index in [0.717, 1.165) is 35.9 Å². The Labute approximate surface area is 156 Å². The van der Waals surface area contributed by atoms with Crippen molar-refractivity contribution in [3.63, 3.8) is 0 Å². The minimum Gasteiger partial charge on any atom is -0.331 e. The van der Waals surface area contributed by atoms with E-state index in [1.54, 1.807) is 18.3 Å². The lowest BCUT2D eigenvalue weighted by atomic mass is 10.2. The Morgan fingerprint density at radius 2 is 2.08 bits per heavy atom. The van der Waals surface area contributed by atoms with Gasteiger partial charge < -0.3 is 4.57 Å². The molecule has 1 aromatic heterocycles. The van der Waals surface area contributed by atoms with Gasteiger partial charge in [-0.25, -0.2) is 0 Å². The van der Waals surface area contributed by atoms with Crippen molar-refractivity contribution in [1.29, 1.82) is 0 Å². The Kier molecular flexibility index (Phi) is 5.53. The lowest BCUT2D eigenvalue weighted by Crippen LogP contribution is -1.98. The molecule has 1 N–H and O–H groups in total. The van der Waals surface area contributed by atoms with Crippen LogP contribution in [0.25, 0.3) is 10.9 Å². The van der Waals surface area contributed by atoms with E-state index in [-0.39, 0.29) is 5.69 Å². The molecule has 0 saturated carbocycles. The van der Waals surface area contributed by atoms with Crippen molar-refractivity contribution in [2.45, 2.75) is 26.3 Å². The number of anilines is 1. The molecule has 0 aliphatic heterocycles. The van der Waals surface area contributed by atoms with Crippen molar-refractivity contribution >= 4 is 40.1 Å². The molecule has 0 bridgehead atoms. The van der Waals surface area contributed by atoms with Gasteiger partial charge in [0.1, 0.15) is 5.15 Å². The van der Waals surface area contributed by atoms with E-state index in [0.29, 0.717) is 10.8 Å². The van der Waals surface area contributed by atoms with Crippen LogP contribution in [0, 0.1) is 10.1 Å². The van der Waals surface area contributed by atoms with Crippen molar-refractivity contribution in [2.24, 2.45) is 5.10 Å². The predicted molar refractivity (Wildman–Crippen MR) is 106 cm³/mol. The molecule has 134 valence electrons. The van der Waals surface area contributed by atoms with Crippen molar-refractivity contribution < 1.29 is 4.92 Å². The zero-order valence-corrected chi connectivity index (χ0v) is 15.1. The number of nitro benzene ring substituents is 1. The Morgan fingerprint density at radius 1 is 1.27 bits per heavy atom. The fourth-order valence-corrected chi connectivity index (χ4v) is 3.14. The Balaban J connectivity index is 1.88. The van der Waals surface area contributed by atoms with Gasteiger partial charge in [0.15, 0.2) is 0 Å². The maximum absolute atomic E-state index is 10.8. The number of hydrogen-bond acceptors (Lipinski definition) is 4. The first-order valence-corrected chi connectivity index (χ1v) is 8.80. The average molecular weight is 371 g/mol. The summed E-state index contributed by atoms with van der Waals surface area (Å²) in [5.41, 5.74) is 5.29. The summed E-state index contributed by atoms with van der Waals surface area (Å²) < 4.78 is 2.09. The van der Waals surface area contributed by atoms with Gasteiger partial charge in [0.05, 0.1) is 16.8 Å². The molecule has 0 spiro atoms. The van der Waals surface area contributed by atoms with Crippen molar-refractivity contribution in [3.05, 3.63) is 69.4 Å². The number of rotatable bonds is 7. The highest BCUT2D eigenvalue weighted by molar-refractivity contribution is 6.34. The Bertz CT molecular complexity index is 965. The second kappa shape index (κ2) is 8.01. The van der Waals surface area contributed by atoms with Crippen molar-refractivity contribution in [3.8, 4) is 0 Å². The van der Waals surface area contributed by atoms with Crippen LogP contribution in [-0.4, -0.2) is 15.7 Å². The number of hydrazone groups is 1. The summed E-state index contributed by atoms with van der Waals surface area (Å²) >= 11 is 6.59. The first-order chi connectivity index (χ1) is 12.6. The minimum absolute atomic E-state index is 0.0133. The molecule has 0 amide bonds. The van der Waals surface area contributed by atoms with Crippen molar-refractivity contribution in [2.75, 3.05) is 5.43 Å². The van der Waals surface area contributed by atoms with E-state index in [1.807, 2.05) is 24.3 Å². The van der Waals surface area contributed by atoms with Crippen LogP contribution in [0.15, 0.2) is 53.6 Å². The zero-order valence-electron chi connectivity index (χ0n) is 14.4. The van der Waals surface area contributed by atoms with Crippen LogP contribution in [0.3, 0.4) is 0 Å². The van der Waals surface area contributed by atoms with Gasteiger partial charge in [-0.1, -0.05) is 49.2 Å². The molecule has 26 heavy (non-hydrogen) atoms. The highest BCUT2D eigenvalue weighted by Gasteiger charge is 2.13. The third-order valence-corrected chi connectivity index (χ3v) is 4.53. The molecule has 0 aliphatic carbocycles. The van der Waals surface area contributed by atoms with E-state index < -0.39 is 4.92 Å². The molecule has 0 atom stereocenters. The molecule has 0 fully saturated rings. The third kappa shape index (κ3) is 3.70. The maximum atomic E-state index is 10.8. The third-order valence-electron chi connectivity index (χ3n) is 4.12. The average Bonchev–Trinajstić information content (AvgIpc) is 2.92. The molecule has 0 saturated heterocycles. The molecule has 0 radical (unpaired) electrons. The summed E-state index contributed by atoms with van der Waals surface area (Å²) in [6.07, 6.45) is 3.79. The molecule has 6 nitrogen and oxygen atoms in total. The topological polar surface area (TPSA) is 72.5 Å². The van der Waals surface area contributed by atoms with Crippen molar-refractivity contribution in [1.82, 2.24) is 4.57 Å². The minimum atomic E-state index is -0.437. The van der Waals surface area contributed by atoms with Gasteiger partial charge in [0, 0.05) is 35.1 Å². The lowest BCUT2D eigenvalue weighted by Gasteiger charge is -2.05. The predicted octanol–water partition coefficient (Wildman–Crippen LogP) is 5.45. The second-order valence-corrected chi connectivity index (χ2v) is 6.26. The number of benzene rings is 2. The molecular weight excluding hydrogens is 352 g/mol. The smallest absolute Gasteiger partial charge is 0.271 e. The molecule has 0 unspecified atom stereocenters. The molecule has 3 aromatic rings. The summed E-state index contributed by atoms with van der Waals surface area (Å²) in [5, 5.41) is 16.7. The second-order valence-electron chi connectivity index (χ2n) is 5.90. The zero-order chi connectivity index (χ0) is 18.5. The van der Waals surface area contributed by atoms with Gasteiger partial charge in [-0.05, 0) is 18.6 Å². The number of nitrogens with one attached hydrogen (secondary N) is 1. The summed E-state index contributed by atoms with van der Waals surface area (Å²) in [6, 6.07) is 14.2. The highest BCUT2D eigenvalue weighted by Crippen LogP contribution is 2.29. The standard InChI is InChI=1S/C19H19ClN4O2/c1-2-3-11-23-18-10-5-4-9-16(18)17(19(23)20)13-21-22-14-7-6-8-15(12-14)24(25)26/h4-10,12-13,22H,2-3,11H2,1H3. The first-order valence-electron chi connectivity index (χ1n) is 8.42. The van der Waals surface area contributed by atoms with Crippen LogP contribution in [0.5, 0.6) is 0 Å². The fraction of sp³-hybridized carbons (Fsp3) is 0.211. The summed E-state index contributed by atoms with van der Waals surface area (Å²) in [6.45, 7) is 2.99. The molecule has 1 heterocycles. The quantitative estimate of drug-likeness (QED) is 0.341. The SMILES string of the molecule is CCCCn1c(Cl)c(C=NNc2cccc([N+](=O)[O-])c2)c2ccccc21. The number of para-hydroxylation sites is 1. The largest absolute Gasteiger partial charge is 0.331 e. The molecule has 3 rings (SSSR count). The summed E-state index contributed by atoms with van der Waals surface area (Å²) in [5.74, 6) is 0. The van der Waals surface area contributed by atoms with Crippen LogP contribution in [0.2, 0.25) is 5.15 Å². The van der Waals surface area contributed by atoms with E-state index in [9.17, 15) is 10.1 Å². The number of unbranched alkanes of at least 4 members (excludes halogenated alkanes) is 1. The Morgan fingerprint density at radius 3 is 2.85 bits per heavy atom. The molecule has 0 aliphatic rings. The van der Waals surface area contributed by atoms with Crippen LogP contribution in [0.4, 0.5) is 11.4 Å². The van der Waals surface area contributed by atoms with Gasteiger partial charge in [-0.2, -0.15) is 5.10 Å². The van der Waals surface area contributed by atoms with E-state index in [4.69, 9.17) is 11.6 Å². The number of aromatic nitrogens is 1. The van der Waals surface area contributed by atoms with E-state index in [1.165, 1.54) is 12.1 Å². The van der Waals surface area contributed by atoms with E-state index >= 15 is 0 Å². The summed E-state index contributed by atoms with van der Waals surface area (Å²) in [4.78, 5) is 10.4. The van der Waals surface area contributed by atoms with Crippen LogP contribution >= 0.6 is 11.6 Å². The lowest BCUT2D eigenvalue weighted by molar-refractivity contribution is -0.384. The number of nitrogens with zero attached hydrogens (tertiary/aromatic N) is 3. The molecule has 2 aromatic carbocycles.